The second-order valence-electron chi connectivity index (χ2n) is 9.04. The van der Waals surface area contributed by atoms with Crippen LogP contribution in [0.1, 0.15) is 63.9 Å². The summed E-state index contributed by atoms with van der Waals surface area (Å²) in [7, 11) is 0. The number of likely N-dealkylation sites (N-methyl/N-ethyl adjacent to an activating group) is 1. The fourth-order valence-corrected chi connectivity index (χ4v) is 5.29. The van der Waals surface area contributed by atoms with Gasteiger partial charge in [0.15, 0.2) is 0 Å². The minimum Gasteiger partial charge on any atom is -0.337 e. The van der Waals surface area contributed by atoms with Crippen LogP contribution in [0.5, 0.6) is 0 Å². The molecule has 5 nitrogen and oxygen atoms in total. The van der Waals surface area contributed by atoms with Crippen molar-refractivity contribution < 1.29 is 4.79 Å². The number of benzene rings is 1. The molecule has 1 aromatic heterocycles. The molecular weight excluding hydrogens is 372 g/mol. The van der Waals surface area contributed by atoms with Crippen LogP contribution >= 0.6 is 0 Å². The van der Waals surface area contributed by atoms with Gasteiger partial charge in [0, 0.05) is 31.1 Å². The Balaban J connectivity index is 1.51. The van der Waals surface area contributed by atoms with Gasteiger partial charge in [-0.25, -0.2) is 0 Å². The van der Waals surface area contributed by atoms with Crippen LogP contribution in [0.25, 0.3) is 11.3 Å². The molecule has 1 saturated heterocycles. The van der Waals surface area contributed by atoms with E-state index in [9.17, 15) is 4.79 Å². The average Bonchev–Trinajstić information content (AvgIpc) is 3.43. The number of nitrogens with zero attached hydrogens (tertiary/aromatic N) is 3. The lowest BCUT2D eigenvalue weighted by molar-refractivity contribution is -0.133. The highest BCUT2D eigenvalue weighted by molar-refractivity contribution is 5.77. The lowest BCUT2D eigenvalue weighted by atomic mass is 9.86. The summed E-state index contributed by atoms with van der Waals surface area (Å²) in [4.78, 5) is 18.1. The summed E-state index contributed by atoms with van der Waals surface area (Å²) in [5.41, 5.74) is 3.27. The molecule has 1 aliphatic carbocycles. The van der Waals surface area contributed by atoms with E-state index in [0.29, 0.717) is 30.8 Å². The lowest BCUT2D eigenvalue weighted by Crippen LogP contribution is -2.43. The number of aromatic amines is 1. The largest absolute Gasteiger partial charge is 0.337 e. The molecule has 162 valence electrons. The van der Waals surface area contributed by atoms with E-state index in [1.165, 1.54) is 44.9 Å². The Labute approximate surface area is 180 Å². The van der Waals surface area contributed by atoms with E-state index < -0.39 is 0 Å². The summed E-state index contributed by atoms with van der Waals surface area (Å²) < 4.78 is 0. The summed E-state index contributed by atoms with van der Waals surface area (Å²) in [5.74, 6) is 0.891. The van der Waals surface area contributed by atoms with Gasteiger partial charge >= 0.3 is 0 Å². The Hall–Kier alpha value is -2.14. The van der Waals surface area contributed by atoms with E-state index in [1.807, 2.05) is 24.4 Å². The first-order chi connectivity index (χ1) is 14.7. The first-order valence-corrected chi connectivity index (χ1v) is 11.8. The molecule has 30 heavy (non-hydrogen) atoms. The van der Waals surface area contributed by atoms with E-state index in [-0.39, 0.29) is 0 Å². The van der Waals surface area contributed by atoms with Crippen molar-refractivity contribution in [1.82, 2.24) is 20.0 Å². The van der Waals surface area contributed by atoms with Gasteiger partial charge in [0.1, 0.15) is 0 Å². The van der Waals surface area contributed by atoms with Crippen LogP contribution in [-0.2, 0) is 11.3 Å². The Morgan fingerprint density at radius 2 is 1.93 bits per heavy atom. The van der Waals surface area contributed by atoms with Crippen molar-refractivity contribution in [2.24, 2.45) is 5.92 Å². The SMILES string of the molecule is CCN1CCC[C@H]1CN(Cc1cn[nH]c1-c1ccccc1)C(=O)CC1CCCCC1. The third kappa shape index (κ3) is 5.12. The van der Waals surface area contributed by atoms with Crippen molar-refractivity contribution in [3.63, 3.8) is 0 Å². The maximum absolute atomic E-state index is 13.4. The molecule has 2 heterocycles. The van der Waals surface area contributed by atoms with Crippen molar-refractivity contribution in [3.8, 4) is 11.3 Å². The minimum atomic E-state index is 0.324. The van der Waals surface area contributed by atoms with Gasteiger partial charge in [0.05, 0.1) is 11.9 Å². The van der Waals surface area contributed by atoms with Crippen LogP contribution in [0.3, 0.4) is 0 Å². The average molecular weight is 409 g/mol. The minimum absolute atomic E-state index is 0.324. The fourth-order valence-electron chi connectivity index (χ4n) is 5.29. The summed E-state index contributed by atoms with van der Waals surface area (Å²) in [5, 5.41) is 7.48. The Morgan fingerprint density at radius 3 is 2.70 bits per heavy atom. The number of hydrogen-bond donors (Lipinski definition) is 1. The zero-order valence-corrected chi connectivity index (χ0v) is 18.4. The fraction of sp³-hybridized carbons (Fsp3) is 0.600. The summed E-state index contributed by atoms with van der Waals surface area (Å²) in [6.07, 6.45) is 11.4. The molecular formula is C25H36N4O. The Morgan fingerprint density at radius 1 is 1.13 bits per heavy atom. The van der Waals surface area contributed by atoms with E-state index in [1.54, 1.807) is 0 Å². The van der Waals surface area contributed by atoms with Gasteiger partial charge in [-0.15, -0.1) is 0 Å². The number of hydrogen-bond acceptors (Lipinski definition) is 3. The molecule has 0 unspecified atom stereocenters. The second-order valence-corrected chi connectivity index (χ2v) is 9.04. The Bertz CT molecular complexity index is 796. The topological polar surface area (TPSA) is 52.2 Å². The normalized spacial score (nSPS) is 20.5. The molecule has 0 radical (unpaired) electrons. The monoisotopic (exact) mass is 408 g/mol. The molecule has 2 aliphatic rings. The van der Waals surface area contributed by atoms with E-state index in [2.05, 4.69) is 39.1 Å². The predicted octanol–water partition coefficient (Wildman–Crippen LogP) is 4.86. The van der Waals surface area contributed by atoms with Crippen molar-refractivity contribution in [3.05, 3.63) is 42.1 Å². The van der Waals surface area contributed by atoms with Crippen molar-refractivity contribution in [1.29, 1.82) is 0 Å². The quantitative estimate of drug-likeness (QED) is 0.679. The highest BCUT2D eigenvalue weighted by atomic mass is 16.2. The first kappa shape index (κ1) is 21.1. The third-order valence-electron chi connectivity index (χ3n) is 7.02. The summed E-state index contributed by atoms with van der Waals surface area (Å²) in [6, 6.07) is 10.8. The van der Waals surface area contributed by atoms with E-state index in [4.69, 9.17) is 0 Å². The lowest BCUT2D eigenvalue weighted by Gasteiger charge is -2.32. The zero-order chi connectivity index (χ0) is 20.8. The summed E-state index contributed by atoms with van der Waals surface area (Å²) in [6.45, 7) is 5.93. The smallest absolute Gasteiger partial charge is 0.223 e. The second kappa shape index (κ2) is 10.3. The van der Waals surface area contributed by atoms with Crippen LogP contribution < -0.4 is 0 Å². The third-order valence-corrected chi connectivity index (χ3v) is 7.02. The number of carbonyl (C=O) groups is 1. The molecule has 1 N–H and O–H groups in total. The number of amides is 1. The standard InChI is InChI=1S/C25H36N4O/c1-2-28-15-9-14-23(28)19-29(24(30)16-20-10-5-3-6-11-20)18-22-17-26-27-25(22)21-12-7-4-8-13-21/h4,7-8,12-13,17,20,23H,2-3,5-6,9-11,14-16,18-19H2,1H3,(H,26,27)/t23-/m0/s1. The molecule has 0 bridgehead atoms. The molecule has 5 heteroatoms. The van der Waals surface area contributed by atoms with Crippen molar-refractivity contribution in [2.75, 3.05) is 19.6 Å². The molecule has 1 saturated carbocycles. The van der Waals surface area contributed by atoms with Gasteiger partial charge in [0.2, 0.25) is 5.91 Å². The van der Waals surface area contributed by atoms with Crippen LogP contribution in [0, 0.1) is 5.92 Å². The van der Waals surface area contributed by atoms with Crippen LogP contribution in [0.4, 0.5) is 0 Å². The highest BCUT2D eigenvalue weighted by Crippen LogP contribution is 2.29. The molecule has 1 aromatic carbocycles. The summed E-state index contributed by atoms with van der Waals surface area (Å²) >= 11 is 0. The predicted molar refractivity (Wildman–Crippen MR) is 121 cm³/mol. The number of likely N-dealkylation sites (tertiary alicyclic amines) is 1. The van der Waals surface area contributed by atoms with Crippen molar-refractivity contribution in [2.45, 2.75) is 70.9 Å². The Kier molecular flexibility index (Phi) is 7.21. The van der Waals surface area contributed by atoms with Crippen LogP contribution in [0.2, 0.25) is 0 Å². The molecule has 1 amide bonds. The van der Waals surface area contributed by atoms with E-state index >= 15 is 0 Å². The van der Waals surface area contributed by atoms with E-state index in [0.717, 1.165) is 36.5 Å². The van der Waals surface area contributed by atoms with Gasteiger partial charge in [-0.1, -0.05) is 56.5 Å². The van der Waals surface area contributed by atoms with Gasteiger partial charge in [-0.05, 0) is 50.3 Å². The highest BCUT2D eigenvalue weighted by Gasteiger charge is 2.29. The van der Waals surface area contributed by atoms with Crippen LogP contribution in [-0.4, -0.2) is 51.6 Å². The zero-order valence-electron chi connectivity index (χ0n) is 18.4. The van der Waals surface area contributed by atoms with Gasteiger partial charge in [-0.3, -0.25) is 14.8 Å². The number of aromatic nitrogens is 2. The molecule has 4 rings (SSSR count). The maximum Gasteiger partial charge on any atom is 0.223 e. The van der Waals surface area contributed by atoms with Crippen LogP contribution in [0.15, 0.2) is 36.5 Å². The molecule has 2 fully saturated rings. The first-order valence-electron chi connectivity index (χ1n) is 11.8. The molecule has 1 aliphatic heterocycles. The number of rotatable bonds is 8. The molecule has 0 spiro atoms. The number of carbonyl (C=O) groups excluding carboxylic acids is 1. The number of H-pyrrole nitrogens is 1. The van der Waals surface area contributed by atoms with Gasteiger partial charge in [0.25, 0.3) is 0 Å². The van der Waals surface area contributed by atoms with Gasteiger partial charge in [-0.2, -0.15) is 5.10 Å². The molecule has 1 atom stereocenters. The maximum atomic E-state index is 13.4. The molecule has 2 aromatic rings. The van der Waals surface area contributed by atoms with Gasteiger partial charge < -0.3 is 4.90 Å². The van der Waals surface area contributed by atoms with Crippen molar-refractivity contribution >= 4 is 5.91 Å². The number of nitrogens with one attached hydrogen (secondary N) is 1.